The summed E-state index contributed by atoms with van der Waals surface area (Å²) in [6, 6.07) is 8.25. The highest BCUT2D eigenvalue weighted by Crippen LogP contribution is 2.31. The number of aromatic nitrogens is 2. The van der Waals surface area contributed by atoms with Crippen LogP contribution in [0.3, 0.4) is 0 Å². The Balaban J connectivity index is 2.19. The summed E-state index contributed by atoms with van der Waals surface area (Å²) in [4.78, 5) is 0.882. The van der Waals surface area contributed by atoms with Crippen LogP contribution in [0.5, 0.6) is 0 Å². The number of rotatable bonds is 3. The van der Waals surface area contributed by atoms with Gasteiger partial charge in [-0.2, -0.15) is 0 Å². The summed E-state index contributed by atoms with van der Waals surface area (Å²) < 4.78 is 4.00. The van der Waals surface area contributed by atoms with Gasteiger partial charge >= 0.3 is 0 Å². The van der Waals surface area contributed by atoms with E-state index in [0.717, 1.165) is 16.1 Å². The molecule has 0 spiro atoms. The lowest BCUT2D eigenvalue weighted by Crippen LogP contribution is -2.16. The van der Waals surface area contributed by atoms with Crippen LogP contribution in [0.1, 0.15) is 48.6 Å². The van der Waals surface area contributed by atoms with Gasteiger partial charge in [0.05, 0.1) is 16.7 Å². The predicted molar refractivity (Wildman–Crippen MR) is 78.5 cm³/mol. The Labute approximate surface area is 118 Å². The maximum atomic E-state index is 10.4. The second-order valence-electron chi connectivity index (χ2n) is 5.94. The minimum atomic E-state index is -0.531. The SMILES string of the molecule is Cc1ccc(CC(O)c2snnc2C(C)(C)C)cc1. The zero-order valence-corrected chi connectivity index (χ0v) is 12.7. The first kappa shape index (κ1) is 14.2. The fourth-order valence-electron chi connectivity index (χ4n) is 1.98. The van der Waals surface area contributed by atoms with Crippen LogP contribution in [0.25, 0.3) is 0 Å². The van der Waals surface area contributed by atoms with E-state index in [2.05, 4.69) is 61.5 Å². The van der Waals surface area contributed by atoms with Crippen molar-refractivity contribution in [1.82, 2.24) is 9.59 Å². The van der Waals surface area contributed by atoms with Crippen molar-refractivity contribution in [1.29, 1.82) is 0 Å². The molecule has 2 rings (SSSR count). The first-order chi connectivity index (χ1) is 8.88. The molecule has 0 aliphatic carbocycles. The van der Waals surface area contributed by atoms with Gasteiger partial charge in [0.1, 0.15) is 0 Å². The van der Waals surface area contributed by atoms with E-state index < -0.39 is 6.10 Å². The molecule has 0 aliphatic heterocycles. The van der Waals surface area contributed by atoms with Crippen molar-refractivity contribution < 1.29 is 5.11 Å². The third-order valence-electron chi connectivity index (χ3n) is 3.08. The second kappa shape index (κ2) is 5.39. The average molecular weight is 276 g/mol. The molecule has 1 heterocycles. The molecule has 2 aromatic rings. The van der Waals surface area contributed by atoms with Crippen LogP contribution >= 0.6 is 11.5 Å². The van der Waals surface area contributed by atoms with E-state index in [1.165, 1.54) is 17.1 Å². The van der Waals surface area contributed by atoms with E-state index >= 15 is 0 Å². The topological polar surface area (TPSA) is 46.0 Å². The Morgan fingerprint density at radius 3 is 2.42 bits per heavy atom. The molecular weight excluding hydrogens is 256 g/mol. The van der Waals surface area contributed by atoms with Crippen molar-refractivity contribution in [2.24, 2.45) is 0 Å². The molecule has 19 heavy (non-hydrogen) atoms. The van der Waals surface area contributed by atoms with Crippen LogP contribution in [-0.4, -0.2) is 14.7 Å². The molecule has 1 N–H and O–H groups in total. The fourth-order valence-corrected chi connectivity index (χ4v) is 2.83. The standard InChI is InChI=1S/C15H20N2OS/c1-10-5-7-11(8-6-10)9-12(18)13-14(15(2,3)4)16-17-19-13/h5-8,12,18H,9H2,1-4H3. The monoisotopic (exact) mass is 276 g/mol. The summed E-state index contributed by atoms with van der Waals surface area (Å²) in [5.41, 5.74) is 3.17. The number of nitrogens with zero attached hydrogens (tertiary/aromatic N) is 2. The molecule has 4 heteroatoms. The van der Waals surface area contributed by atoms with Crippen LogP contribution < -0.4 is 0 Å². The van der Waals surface area contributed by atoms with Gasteiger partial charge in [0.15, 0.2) is 0 Å². The Hall–Kier alpha value is -1.26. The van der Waals surface area contributed by atoms with Crippen LogP contribution in [0.4, 0.5) is 0 Å². The quantitative estimate of drug-likeness (QED) is 0.934. The number of hydrogen-bond acceptors (Lipinski definition) is 4. The number of aliphatic hydroxyl groups is 1. The van der Waals surface area contributed by atoms with Gasteiger partial charge < -0.3 is 5.11 Å². The van der Waals surface area contributed by atoms with Gasteiger partial charge in [-0.3, -0.25) is 0 Å². The van der Waals surface area contributed by atoms with Crippen molar-refractivity contribution in [2.45, 2.75) is 45.6 Å². The average Bonchev–Trinajstić information content (AvgIpc) is 2.81. The molecule has 0 fully saturated rings. The first-order valence-corrected chi connectivity index (χ1v) is 7.21. The Bertz CT molecular complexity index is 540. The van der Waals surface area contributed by atoms with Crippen molar-refractivity contribution in [2.75, 3.05) is 0 Å². The molecule has 0 amide bonds. The molecule has 1 atom stereocenters. The van der Waals surface area contributed by atoms with Gasteiger partial charge in [-0.15, -0.1) is 5.10 Å². The van der Waals surface area contributed by atoms with E-state index in [0.29, 0.717) is 6.42 Å². The zero-order valence-electron chi connectivity index (χ0n) is 11.8. The summed E-state index contributed by atoms with van der Waals surface area (Å²) >= 11 is 1.30. The molecule has 1 unspecified atom stereocenters. The summed E-state index contributed by atoms with van der Waals surface area (Å²) in [5.74, 6) is 0. The molecule has 0 bridgehead atoms. The molecular formula is C15H20N2OS. The molecule has 0 radical (unpaired) electrons. The van der Waals surface area contributed by atoms with Gasteiger partial charge in [-0.25, -0.2) is 0 Å². The maximum Gasteiger partial charge on any atom is 0.0957 e. The van der Waals surface area contributed by atoms with E-state index in [1.54, 1.807) is 0 Å². The highest BCUT2D eigenvalue weighted by molar-refractivity contribution is 7.05. The third kappa shape index (κ3) is 3.39. The molecule has 1 aromatic heterocycles. The molecule has 102 valence electrons. The Kier molecular flexibility index (Phi) is 4.02. The van der Waals surface area contributed by atoms with Gasteiger partial charge in [0, 0.05) is 11.8 Å². The Morgan fingerprint density at radius 1 is 1.21 bits per heavy atom. The second-order valence-corrected chi connectivity index (χ2v) is 6.73. The lowest BCUT2D eigenvalue weighted by molar-refractivity contribution is 0.179. The van der Waals surface area contributed by atoms with Crippen molar-refractivity contribution in [3.05, 3.63) is 46.0 Å². The van der Waals surface area contributed by atoms with E-state index in [9.17, 15) is 5.11 Å². The molecule has 1 aromatic carbocycles. The normalized spacial score (nSPS) is 13.5. The molecule has 0 saturated heterocycles. The number of benzene rings is 1. The van der Waals surface area contributed by atoms with Crippen molar-refractivity contribution >= 4 is 11.5 Å². The van der Waals surface area contributed by atoms with Gasteiger partial charge in [0.2, 0.25) is 0 Å². The minimum Gasteiger partial charge on any atom is -0.387 e. The number of hydrogen-bond donors (Lipinski definition) is 1. The van der Waals surface area contributed by atoms with E-state index in [-0.39, 0.29) is 5.41 Å². The summed E-state index contributed by atoms with van der Waals surface area (Å²) in [5, 5.41) is 14.6. The third-order valence-corrected chi connectivity index (χ3v) is 3.90. The Morgan fingerprint density at radius 2 is 1.84 bits per heavy atom. The summed E-state index contributed by atoms with van der Waals surface area (Å²) in [6.45, 7) is 8.33. The van der Waals surface area contributed by atoms with E-state index in [4.69, 9.17) is 0 Å². The van der Waals surface area contributed by atoms with Crippen molar-refractivity contribution in [3.8, 4) is 0 Å². The smallest absolute Gasteiger partial charge is 0.0957 e. The first-order valence-electron chi connectivity index (χ1n) is 6.44. The fraction of sp³-hybridized carbons (Fsp3) is 0.467. The molecule has 0 saturated carbocycles. The van der Waals surface area contributed by atoms with Gasteiger partial charge in [0.25, 0.3) is 0 Å². The molecule has 3 nitrogen and oxygen atoms in total. The van der Waals surface area contributed by atoms with E-state index in [1.807, 2.05) is 0 Å². The largest absolute Gasteiger partial charge is 0.387 e. The van der Waals surface area contributed by atoms with Crippen LogP contribution in [0.15, 0.2) is 24.3 Å². The zero-order chi connectivity index (χ0) is 14.0. The lowest BCUT2D eigenvalue weighted by atomic mass is 9.89. The summed E-state index contributed by atoms with van der Waals surface area (Å²) in [6.07, 6.45) is 0.0738. The van der Waals surface area contributed by atoms with Gasteiger partial charge in [-0.05, 0) is 24.0 Å². The van der Waals surface area contributed by atoms with Crippen LogP contribution in [-0.2, 0) is 11.8 Å². The highest BCUT2D eigenvalue weighted by atomic mass is 32.1. The lowest BCUT2D eigenvalue weighted by Gasteiger charge is -2.19. The van der Waals surface area contributed by atoms with Crippen LogP contribution in [0.2, 0.25) is 0 Å². The van der Waals surface area contributed by atoms with Crippen LogP contribution in [0, 0.1) is 6.92 Å². The molecule has 0 aliphatic rings. The maximum absolute atomic E-state index is 10.4. The summed E-state index contributed by atoms with van der Waals surface area (Å²) in [7, 11) is 0. The highest BCUT2D eigenvalue weighted by Gasteiger charge is 2.26. The van der Waals surface area contributed by atoms with Crippen molar-refractivity contribution in [3.63, 3.8) is 0 Å². The minimum absolute atomic E-state index is 0.0867. The number of aryl methyl sites for hydroxylation is 1. The van der Waals surface area contributed by atoms with Gasteiger partial charge in [-0.1, -0.05) is 55.1 Å². The number of aliphatic hydroxyl groups excluding tert-OH is 1. The predicted octanol–water partition coefficient (Wildman–Crippen LogP) is 3.42.